The van der Waals surface area contributed by atoms with Crippen molar-refractivity contribution in [1.29, 1.82) is 0 Å². The van der Waals surface area contributed by atoms with Gasteiger partial charge in [-0.05, 0) is 18.2 Å². The van der Waals surface area contributed by atoms with E-state index in [1.165, 1.54) is 0 Å². The van der Waals surface area contributed by atoms with Crippen molar-refractivity contribution >= 4 is 11.7 Å². The molecule has 4 aromatic rings. The van der Waals surface area contributed by atoms with E-state index in [1.54, 1.807) is 52.9 Å². The molecule has 0 aliphatic carbocycles. The number of carbonyl (C=O) groups is 1. The number of amides is 1. The third kappa shape index (κ3) is 3.50. The molecule has 0 saturated carbocycles. The summed E-state index contributed by atoms with van der Waals surface area (Å²) in [5.74, 6) is 1.19. The SMILES string of the molecule is COc1ccccc1-n1cc(-c2ccn(CC(=O)Nc3ccnn3C)n2)cn1. The lowest BCUT2D eigenvalue weighted by atomic mass is 10.2. The third-order valence-electron chi connectivity index (χ3n) is 4.25. The number of benzene rings is 1. The molecule has 0 unspecified atom stereocenters. The second kappa shape index (κ2) is 7.39. The van der Waals surface area contributed by atoms with Crippen LogP contribution in [0, 0.1) is 0 Å². The van der Waals surface area contributed by atoms with Crippen molar-refractivity contribution in [3.05, 3.63) is 61.2 Å². The zero-order valence-corrected chi connectivity index (χ0v) is 15.5. The zero-order valence-electron chi connectivity index (χ0n) is 15.5. The molecular weight excluding hydrogens is 358 g/mol. The zero-order chi connectivity index (χ0) is 19.5. The molecule has 0 bridgehead atoms. The third-order valence-corrected chi connectivity index (χ3v) is 4.25. The average Bonchev–Trinajstić information content (AvgIpc) is 3.43. The number of anilines is 1. The van der Waals surface area contributed by atoms with Crippen molar-refractivity contribution in [2.45, 2.75) is 6.54 Å². The smallest absolute Gasteiger partial charge is 0.247 e. The molecule has 0 saturated heterocycles. The Labute approximate surface area is 161 Å². The first kappa shape index (κ1) is 17.5. The van der Waals surface area contributed by atoms with Crippen molar-refractivity contribution in [1.82, 2.24) is 29.3 Å². The first-order chi connectivity index (χ1) is 13.6. The van der Waals surface area contributed by atoms with Crippen molar-refractivity contribution in [3.8, 4) is 22.7 Å². The summed E-state index contributed by atoms with van der Waals surface area (Å²) in [6.07, 6.45) is 6.99. The van der Waals surface area contributed by atoms with Gasteiger partial charge in [-0.3, -0.25) is 14.2 Å². The molecule has 142 valence electrons. The van der Waals surface area contributed by atoms with Crippen LogP contribution < -0.4 is 10.1 Å². The fraction of sp³-hybridized carbons (Fsp3) is 0.158. The second-order valence-electron chi connectivity index (χ2n) is 6.13. The van der Waals surface area contributed by atoms with E-state index in [0.29, 0.717) is 5.82 Å². The van der Waals surface area contributed by atoms with Gasteiger partial charge in [0.2, 0.25) is 5.91 Å². The molecule has 1 N–H and O–H groups in total. The van der Waals surface area contributed by atoms with Crippen LogP contribution in [-0.2, 0) is 18.4 Å². The van der Waals surface area contributed by atoms with Gasteiger partial charge in [0.1, 0.15) is 23.8 Å². The minimum atomic E-state index is -0.178. The van der Waals surface area contributed by atoms with Crippen LogP contribution in [0.5, 0.6) is 5.75 Å². The Balaban J connectivity index is 1.48. The molecule has 0 fully saturated rings. The standard InChI is InChI=1S/C19H19N7O2/c1-24-18(7-9-20-24)22-19(27)13-25-10-8-15(23-25)14-11-21-26(12-14)16-5-3-4-6-17(16)28-2/h3-12H,13H2,1-2H3,(H,22,27). The highest BCUT2D eigenvalue weighted by atomic mass is 16.5. The minimum absolute atomic E-state index is 0.103. The molecule has 0 aliphatic rings. The second-order valence-corrected chi connectivity index (χ2v) is 6.13. The van der Waals surface area contributed by atoms with Gasteiger partial charge in [-0.1, -0.05) is 12.1 Å². The average molecular weight is 377 g/mol. The van der Waals surface area contributed by atoms with E-state index < -0.39 is 0 Å². The van der Waals surface area contributed by atoms with E-state index >= 15 is 0 Å². The highest BCUT2D eigenvalue weighted by molar-refractivity contribution is 5.89. The van der Waals surface area contributed by atoms with Crippen molar-refractivity contribution in [2.24, 2.45) is 7.05 Å². The Morgan fingerprint density at radius 1 is 1.18 bits per heavy atom. The van der Waals surface area contributed by atoms with Crippen LogP contribution in [0.2, 0.25) is 0 Å². The molecule has 0 spiro atoms. The summed E-state index contributed by atoms with van der Waals surface area (Å²) in [4.78, 5) is 12.2. The van der Waals surface area contributed by atoms with Gasteiger partial charge in [0.15, 0.2) is 0 Å². The van der Waals surface area contributed by atoms with Crippen LogP contribution >= 0.6 is 0 Å². The Morgan fingerprint density at radius 2 is 2.04 bits per heavy atom. The maximum absolute atomic E-state index is 12.2. The molecule has 1 amide bonds. The normalized spacial score (nSPS) is 10.8. The van der Waals surface area contributed by atoms with Gasteiger partial charge >= 0.3 is 0 Å². The van der Waals surface area contributed by atoms with Crippen molar-refractivity contribution < 1.29 is 9.53 Å². The summed E-state index contributed by atoms with van der Waals surface area (Å²) in [5.41, 5.74) is 2.41. The van der Waals surface area contributed by atoms with Crippen LogP contribution in [0.25, 0.3) is 16.9 Å². The van der Waals surface area contributed by atoms with Gasteiger partial charge in [0.25, 0.3) is 0 Å². The highest BCUT2D eigenvalue weighted by Crippen LogP contribution is 2.24. The largest absolute Gasteiger partial charge is 0.494 e. The van der Waals surface area contributed by atoms with Gasteiger partial charge in [-0.2, -0.15) is 15.3 Å². The molecular formula is C19H19N7O2. The number of ether oxygens (including phenoxy) is 1. The summed E-state index contributed by atoms with van der Waals surface area (Å²) in [6, 6.07) is 11.2. The fourth-order valence-corrected chi connectivity index (χ4v) is 2.84. The summed E-state index contributed by atoms with van der Waals surface area (Å²) in [5, 5.41) is 15.7. The first-order valence-corrected chi connectivity index (χ1v) is 8.64. The number of nitrogens with one attached hydrogen (secondary N) is 1. The molecule has 9 nitrogen and oxygen atoms in total. The van der Waals surface area contributed by atoms with Crippen molar-refractivity contribution in [2.75, 3.05) is 12.4 Å². The van der Waals surface area contributed by atoms with E-state index in [-0.39, 0.29) is 12.5 Å². The predicted molar refractivity (Wildman–Crippen MR) is 103 cm³/mol. The lowest BCUT2D eigenvalue weighted by Crippen LogP contribution is -2.20. The molecule has 1 aromatic carbocycles. The van der Waals surface area contributed by atoms with E-state index in [0.717, 1.165) is 22.7 Å². The molecule has 28 heavy (non-hydrogen) atoms. The molecule has 4 rings (SSSR count). The number of rotatable bonds is 6. The van der Waals surface area contributed by atoms with Crippen molar-refractivity contribution in [3.63, 3.8) is 0 Å². The number of carbonyl (C=O) groups excluding carboxylic acids is 1. The molecule has 0 atom stereocenters. The van der Waals surface area contributed by atoms with E-state index in [2.05, 4.69) is 20.6 Å². The number of hydrogen-bond donors (Lipinski definition) is 1. The molecule has 9 heteroatoms. The van der Waals surface area contributed by atoms with Crippen LogP contribution in [-0.4, -0.2) is 42.4 Å². The summed E-state index contributed by atoms with van der Waals surface area (Å²) < 4.78 is 10.3. The summed E-state index contributed by atoms with van der Waals surface area (Å²) in [6.45, 7) is 0.103. The summed E-state index contributed by atoms with van der Waals surface area (Å²) >= 11 is 0. The Hall–Kier alpha value is -3.88. The summed E-state index contributed by atoms with van der Waals surface area (Å²) in [7, 11) is 3.39. The maximum Gasteiger partial charge on any atom is 0.247 e. The Morgan fingerprint density at radius 3 is 2.82 bits per heavy atom. The molecule has 0 aliphatic heterocycles. The van der Waals surface area contributed by atoms with Crippen LogP contribution in [0.3, 0.4) is 0 Å². The van der Waals surface area contributed by atoms with E-state index in [4.69, 9.17) is 4.74 Å². The van der Waals surface area contributed by atoms with Crippen LogP contribution in [0.15, 0.2) is 61.2 Å². The number of para-hydroxylation sites is 2. The predicted octanol–water partition coefficient (Wildman–Crippen LogP) is 2.12. The van der Waals surface area contributed by atoms with E-state index in [9.17, 15) is 4.79 Å². The van der Waals surface area contributed by atoms with Gasteiger partial charge in [-0.15, -0.1) is 0 Å². The van der Waals surface area contributed by atoms with E-state index in [1.807, 2.05) is 36.5 Å². The monoisotopic (exact) mass is 377 g/mol. The minimum Gasteiger partial charge on any atom is -0.494 e. The number of methoxy groups -OCH3 is 1. The number of hydrogen-bond acceptors (Lipinski definition) is 5. The van der Waals surface area contributed by atoms with Gasteiger partial charge in [0.05, 0.1) is 25.2 Å². The van der Waals surface area contributed by atoms with Crippen LogP contribution in [0.4, 0.5) is 5.82 Å². The number of aromatic nitrogens is 6. The molecule has 3 heterocycles. The number of nitrogens with zero attached hydrogens (tertiary/aromatic N) is 6. The quantitative estimate of drug-likeness (QED) is 0.556. The van der Waals surface area contributed by atoms with Gasteiger partial charge in [0, 0.05) is 31.1 Å². The first-order valence-electron chi connectivity index (χ1n) is 8.64. The lowest BCUT2D eigenvalue weighted by Gasteiger charge is -2.07. The Bertz CT molecular complexity index is 1110. The maximum atomic E-state index is 12.2. The van der Waals surface area contributed by atoms with Gasteiger partial charge < -0.3 is 10.1 Å². The van der Waals surface area contributed by atoms with Gasteiger partial charge in [-0.25, -0.2) is 4.68 Å². The number of aryl methyl sites for hydroxylation is 1. The Kier molecular flexibility index (Phi) is 4.63. The fourth-order valence-electron chi connectivity index (χ4n) is 2.84. The van der Waals surface area contributed by atoms with Crippen LogP contribution in [0.1, 0.15) is 0 Å². The lowest BCUT2D eigenvalue weighted by molar-refractivity contribution is -0.116. The topological polar surface area (TPSA) is 91.8 Å². The molecule has 3 aromatic heterocycles. The molecule has 0 radical (unpaired) electrons. The highest BCUT2D eigenvalue weighted by Gasteiger charge is 2.11.